The normalized spacial score (nSPS) is 20.0. The van der Waals surface area contributed by atoms with Crippen molar-refractivity contribution >= 4 is 11.9 Å². The Balaban J connectivity index is 1.95. The summed E-state index contributed by atoms with van der Waals surface area (Å²) in [5.74, 6) is 0.0769. The van der Waals surface area contributed by atoms with Crippen molar-refractivity contribution in [2.24, 2.45) is 5.92 Å². The van der Waals surface area contributed by atoms with Gasteiger partial charge in [0.05, 0.1) is 6.42 Å². The lowest BCUT2D eigenvalue weighted by atomic mass is 10.00. The summed E-state index contributed by atoms with van der Waals surface area (Å²) in [6, 6.07) is 8.53. The van der Waals surface area contributed by atoms with E-state index in [1.54, 1.807) is 4.90 Å². The highest BCUT2D eigenvalue weighted by atomic mass is 16.4. The monoisotopic (exact) mass is 303 g/mol. The standard InChI is InChI=1S/C18H25NO3/c1-4-19(10-9-17(20)21)18(22)16-11-15(16)14-7-5-13(6-8-14)12(2)3/h5-8,12,15-16H,4,9-11H2,1-3H3,(H,20,21). The van der Waals surface area contributed by atoms with Gasteiger partial charge in [0.15, 0.2) is 0 Å². The number of nitrogens with zero attached hydrogens (tertiary/aromatic N) is 1. The van der Waals surface area contributed by atoms with Crippen LogP contribution in [-0.2, 0) is 9.59 Å². The second-order valence-corrected chi connectivity index (χ2v) is 6.33. The fraction of sp³-hybridized carbons (Fsp3) is 0.556. The van der Waals surface area contributed by atoms with Crippen molar-refractivity contribution in [1.82, 2.24) is 4.90 Å². The molecule has 1 amide bonds. The molecule has 1 N–H and O–H groups in total. The van der Waals surface area contributed by atoms with Crippen molar-refractivity contribution < 1.29 is 14.7 Å². The zero-order valence-corrected chi connectivity index (χ0v) is 13.6. The molecular formula is C18H25NO3. The first-order chi connectivity index (χ1) is 10.4. The molecule has 1 aromatic rings. The van der Waals surface area contributed by atoms with E-state index in [0.29, 0.717) is 24.9 Å². The molecule has 4 nitrogen and oxygen atoms in total. The summed E-state index contributed by atoms with van der Waals surface area (Å²) >= 11 is 0. The van der Waals surface area contributed by atoms with Gasteiger partial charge in [-0.3, -0.25) is 9.59 Å². The lowest BCUT2D eigenvalue weighted by Crippen LogP contribution is -2.34. The minimum Gasteiger partial charge on any atom is -0.481 e. The van der Waals surface area contributed by atoms with Gasteiger partial charge in [-0.25, -0.2) is 0 Å². The van der Waals surface area contributed by atoms with Crippen molar-refractivity contribution in [3.8, 4) is 0 Å². The molecule has 2 unspecified atom stereocenters. The summed E-state index contributed by atoms with van der Waals surface area (Å²) < 4.78 is 0. The Morgan fingerprint density at radius 1 is 1.27 bits per heavy atom. The Morgan fingerprint density at radius 2 is 1.91 bits per heavy atom. The summed E-state index contributed by atoms with van der Waals surface area (Å²) in [5, 5.41) is 8.76. The molecule has 2 atom stereocenters. The predicted molar refractivity (Wildman–Crippen MR) is 85.9 cm³/mol. The van der Waals surface area contributed by atoms with Gasteiger partial charge in [-0.1, -0.05) is 38.1 Å². The molecule has 2 rings (SSSR count). The Hall–Kier alpha value is -1.84. The summed E-state index contributed by atoms with van der Waals surface area (Å²) in [5.41, 5.74) is 2.53. The van der Waals surface area contributed by atoms with Crippen LogP contribution >= 0.6 is 0 Å². The molecule has 0 radical (unpaired) electrons. The molecule has 0 aliphatic heterocycles. The third-order valence-corrected chi connectivity index (χ3v) is 4.43. The van der Waals surface area contributed by atoms with Crippen LogP contribution in [-0.4, -0.2) is 35.0 Å². The van der Waals surface area contributed by atoms with Crippen molar-refractivity contribution in [3.63, 3.8) is 0 Å². The first-order valence-electron chi connectivity index (χ1n) is 8.04. The molecule has 1 aromatic carbocycles. The summed E-state index contributed by atoms with van der Waals surface area (Å²) in [6.07, 6.45) is 0.892. The van der Waals surface area contributed by atoms with Crippen molar-refractivity contribution in [3.05, 3.63) is 35.4 Å². The number of hydrogen-bond acceptors (Lipinski definition) is 2. The number of carboxylic acids is 1. The van der Waals surface area contributed by atoms with Crippen LogP contribution in [0.2, 0.25) is 0 Å². The van der Waals surface area contributed by atoms with Crippen LogP contribution in [0, 0.1) is 5.92 Å². The van der Waals surface area contributed by atoms with Crippen molar-refractivity contribution in [2.45, 2.75) is 45.4 Å². The number of aliphatic carboxylic acids is 1. The second kappa shape index (κ2) is 6.95. The molecule has 4 heteroatoms. The van der Waals surface area contributed by atoms with E-state index >= 15 is 0 Å². The Kier molecular flexibility index (Phi) is 5.22. The third kappa shape index (κ3) is 3.87. The highest BCUT2D eigenvalue weighted by molar-refractivity contribution is 5.83. The van der Waals surface area contributed by atoms with E-state index in [1.807, 2.05) is 6.92 Å². The quantitative estimate of drug-likeness (QED) is 0.841. The number of rotatable bonds is 7. The summed E-state index contributed by atoms with van der Waals surface area (Å²) in [7, 11) is 0. The molecule has 120 valence electrons. The van der Waals surface area contributed by atoms with Crippen molar-refractivity contribution in [1.29, 1.82) is 0 Å². The third-order valence-electron chi connectivity index (χ3n) is 4.43. The zero-order valence-electron chi connectivity index (χ0n) is 13.6. The van der Waals surface area contributed by atoms with Gasteiger partial charge in [-0.05, 0) is 36.3 Å². The Bertz CT molecular complexity index is 536. The maximum Gasteiger partial charge on any atom is 0.305 e. The largest absolute Gasteiger partial charge is 0.481 e. The molecule has 0 heterocycles. The van der Waals surface area contributed by atoms with Crippen LogP contribution in [0.4, 0.5) is 0 Å². The fourth-order valence-corrected chi connectivity index (χ4v) is 2.85. The highest BCUT2D eigenvalue weighted by Crippen LogP contribution is 2.48. The minimum atomic E-state index is -0.858. The van der Waals surface area contributed by atoms with E-state index < -0.39 is 5.97 Å². The van der Waals surface area contributed by atoms with Crippen molar-refractivity contribution in [2.75, 3.05) is 13.1 Å². The molecule has 22 heavy (non-hydrogen) atoms. The molecule has 1 fully saturated rings. The summed E-state index contributed by atoms with van der Waals surface area (Å²) in [4.78, 5) is 24.8. The smallest absolute Gasteiger partial charge is 0.305 e. The van der Waals surface area contributed by atoms with Gasteiger partial charge in [-0.2, -0.15) is 0 Å². The van der Waals surface area contributed by atoms with Crippen LogP contribution in [0.25, 0.3) is 0 Å². The van der Waals surface area contributed by atoms with Crippen LogP contribution in [0.3, 0.4) is 0 Å². The number of benzene rings is 1. The van der Waals surface area contributed by atoms with Gasteiger partial charge in [0.25, 0.3) is 0 Å². The van der Waals surface area contributed by atoms with Crippen LogP contribution in [0.1, 0.15) is 56.6 Å². The van der Waals surface area contributed by atoms with Gasteiger partial charge in [-0.15, -0.1) is 0 Å². The molecule has 0 spiro atoms. The average Bonchev–Trinajstić information content (AvgIpc) is 3.28. The molecule has 0 bridgehead atoms. The van der Waals surface area contributed by atoms with Crippen LogP contribution < -0.4 is 0 Å². The topological polar surface area (TPSA) is 57.6 Å². The number of hydrogen-bond donors (Lipinski definition) is 1. The van der Waals surface area contributed by atoms with E-state index in [4.69, 9.17) is 5.11 Å². The minimum absolute atomic E-state index is 0.0139. The lowest BCUT2D eigenvalue weighted by molar-refractivity contribution is -0.138. The van der Waals surface area contributed by atoms with Crippen LogP contribution in [0.5, 0.6) is 0 Å². The maximum atomic E-state index is 12.4. The second-order valence-electron chi connectivity index (χ2n) is 6.33. The molecule has 1 aliphatic rings. The van der Waals surface area contributed by atoms with Gasteiger partial charge >= 0.3 is 5.97 Å². The van der Waals surface area contributed by atoms with Gasteiger partial charge in [0.2, 0.25) is 5.91 Å². The summed E-state index contributed by atoms with van der Waals surface area (Å²) in [6.45, 7) is 7.11. The first-order valence-corrected chi connectivity index (χ1v) is 8.04. The number of carbonyl (C=O) groups excluding carboxylic acids is 1. The molecule has 0 saturated heterocycles. The molecule has 1 saturated carbocycles. The molecule has 1 aliphatic carbocycles. The number of amides is 1. The van der Waals surface area contributed by atoms with Crippen LogP contribution in [0.15, 0.2) is 24.3 Å². The first kappa shape index (κ1) is 16.5. The van der Waals surface area contributed by atoms with Gasteiger partial charge in [0, 0.05) is 19.0 Å². The SMILES string of the molecule is CCN(CCC(=O)O)C(=O)C1CC1c1ccc(C(C)C)cc1. The van der Waals surface area contributed by atoms with E-state index in [9.17, 15) is 9.59 Å². The fourth-order valence-electron chi connectivity index (χ4n) is 2.85. The highest BCUT2D eigenvalue weighted by Gasteiger charge is 2.45. The Morgan fingerprint density at radius 3 is 2.41 bits per heavy atom. The Labute approximate surface area is 132 Å². The lowest BCUT2D eigenvalue weighted by Gasteiger charge is -2.20. The van der Waals surface area contributed by atoms with E-state index in [0.717, 1.165) is 6.42 Å². The van der Waals surface area contributed by atoms with Gasteiger partial charge in [0.1, 0.15) is 0 Å². The van der Waals surface area contributed by atoms with E-state index in [2.05, 4.69) is 38.1 Å². The maximum absolute atomic E-state index is 12.4. The predicted octanol–water partition coefficient (Wildman–Crippen LogP) is 3.24. The number of carbonyl (C=O) groups is 2. The average molecular weight is 303 g/mol. The molecular weight excluding hydrogens is 278 g/mol. The molecule has 0 aromatic heterocycles. The van der Waals surface area contributed by atoms with E-state index in [1.165, 1.54) is 11.1 Å². The van der Waals surface area contributed by atoms with E-state index in [-0.39, 0.29) is 18.2 Å². The van der Waals surface area contributed by atoms with Gasteiger partial charge < -0.3 is 10.0 Å². The number of carboxylic acid groups (broad SMARTS) is 1. The zero-order chi connectivity index (χ0) is 16.3.